The van der Waals surface area contributed by atoms with Crippen molar-refractivity contribution in [2.24, 2.45) is 0 Å². The van der Waals surface area contributed by atoms with E-state index in [9.17, 15) is 0 Å². The van der Waals surface area contributed by atoms with E-state index in [0.29, 0.717) is 0 Å². The maximum absolute atomic E-state index is 6.11. The summed E-state index contributed by atoms with van der Waals surface area (Å²) in [5.41, 5.74) is 23.7. The fraction of sp³-hybridized carbons (Fsp3) is 0.0513. The molecule has 212 valence electrons. The van der Waals surface area contributed by atoms with Crippen molar-refractivity contribution < 1.29 is 0 Å². The first-order chi connectivity index (χ1) is 21.5. The molecule has 44 heavy (non-hydrogen) atoms. The van der Waals surface area contributed by atoms with Gasteiger partial charge in [-0.1, -0.05) is 71.8 Å². The summed E-state index contributed by atoms with van der Waals surface area (Å²) in [5, 5.41) is 0. The molecule has 4 aromatic heterocycles. The highest BCUT2D eigenvalue weighted by molar-refractivity contribution is 6.00. The lowest BCUT2D eigenvalue weighted by Crippen LogP contribution is -1.87. The molecular weight excluding hydrogens is 538 g/mol. The standard InChI is InChI=1S/C39H31N5/c1-23-3-7-25(8-4-23)37-31-17-15-29(41-31)30-16-18-32(42-30)38(26-9-5-24(2)6-10-26)34-20-22-36(44-34)39(35-21-19-33(37)43-35)27-11-13-28(40)14-12-27/h3-22,41,43-44H,40H2,1-2H3. The van der Waals surface area contributed by atoms with E-state index in [1.54, 1.807) is 0 Å². The predicted octanol–water partition coefficient (Wildman–Crippen LogP) is 9.90. The number of benzene rings is 3. The number of hydrogen-bond acceptors (Lipinski definition) is 2. The van der Waals surface area contributed by atoms with E-state index in [4.69, 9.17) is 10.7 Å². The Labute approximate surface area is 255 Å². The molecule has 0 spiro atoms. The number of aromatic nitrogens is 4. The molecule has 0 unspecified atom stereocenters. The summed E-state index contributed by atoms with van der Waals surface area (Å²) in [7, 11) is 0. The van der Waals surface area contributed by atoms with Gasteiger partial charge < -0.3 is 20.7 Å². The number of nitrogens with zero attached hydrogens (tertiary/aromatic N) is 1. The second-order valence-corrected chi connectivity index (χ2v) is 11.6. The van der Waals surface area contributed by atoms with Gasteiger partial charge in [0.05, 0.1) is 16.9 Å². The Morgan fingerprint density at radius 3 is 1.27 bits per heavy atom. The summed E-state index contributed by atoms with van der Waals surface area (Å²) < 4.78 is 0. The fourth-order valence-corrected chi connectivity index (χ4v) is 6.16. The number of hydrogen-bond donors (Lipinski definition) is 4. The minimum absolute atomic E-state index is 0.733. The summed E-state index contributed by atoms with van der Waals surface area (Å²) in [6.45, 7) is 4.23. The number of nitrogen functional groups attached to an aromatic ring is 1. The van der Waals surface area contributed by atoms with Crippen LogP contribution in [0.5, 0.6) is 0 Å². The van der Waals surface area contributed by atoms with Gasteiger partial charge in [-0.25, -0.2) is 4.98 Å². The molecule has 0 fully saturated rings. The molecule has 0 amide bonds. The van der Waals surface area contributed by atoms with Gasteiger partial charge in [-0.3, -0.25) is 0 Å². The molecule has 0 saturated heterocycles. The lowest BCUT2D eigenvalue weighted by Gasteiger charge is -2.06. The molecule has 1 aliphatic heterocycles. The van der Waals surface area contributed by atoms with E-state index in [1.807, 2.05) is 12.1 Å². The average molecular weight is 570 g/mol. The second kappa shape index (κ2) is 10.2. The van der Waals surface area contributed by atoms with Gasteiger partial charge in [-0.05, 0) is 91.2 Å². The molecule has 0 saturated carbocycles. The monoisotopic (exact) mass is 569 g/mol. The Balaban J connectivity index is 1.55. The Morgan fingerprint density at radius 2 is 0.773 bits per heavy atom. The van der Waals surface area contributed by atoms with E-state index >= 15 is 0 Å². The molecule has 8 bridgehead atoms. The van der Waals surface area contributed by atoms with Gasteiger partial charge in [0.1, 0.15) is 0 Å². The number of aryl methyl sites for hydroxylation is 2. The summed E-state index contributed by atoms with van der Waals surface area (Å²) in [6, 6.07) is 38.3. The first-order valence-electron chi connectivity index (χ1n) is 14.8. The quantitative estimate of drug-likeness (QED) is 0.160. The van der Waals surface area contributed by atoms with Gasteiger partial charge in [0.25, 0.3) is 0 Å². The zero-order valence-corrected chi connectivity index (χ0v) is 24.6. The third-order valence-electron chi connectivity index (χ3n) is 8.46. The molecule has 0 radical (unpaired) electrons. The van der Waals surface area contributed by atoms with Crippen LogP contribution in [0, 0.1) is 13.8 Å². The molecule has 0 aliphatic carbocycles. The Morgan fingerprint density at radius 1 is 0.409 bits per heavy atom. The van der Waals surface area contributed by atoms with Gasteiger partial charge in [-0.15, -0.1) is 0 Å². The Kier molecular flexibility index (Phi) is 5.98. The first kappa shape index (κ1) is 25.9. The van der Waals surface area contributed by atoms with Gasteiger partial charge in [0.2, 0.25) is 0 Å². The third kappa shape index (κ3) is 4.46. The number of aromatic amines is 3. The van der Waals surface area contributed by atoms with Crippen molar-refractivity contribution >= 4 is 50.9 Å². The van der Waals surface area contributed by atoms with Crippen LogP contribution in [-0.4, -0.2) is 19.9 Å². The Bertz CT molecular complexity index is 2330. The lowest BCUT2D eigenvalue weighted by molar-refractivity contribution is 1.32. The van der Waals surface area contributed by atoms with E-state index in [1.165, 1.54) is 11.1 Å². The smallest absolute Gasteiger partial charge is 0.0872 e. The van der Waals surface area contributed by atoms with Gasteiger partial charge >= 0.3 is 0 Å². The number of fused-ring (bicyclic) bond motifs is 9. The van der Waals surface area contributed by atoms with Crippen LogP contribution in [-0.2, 0) is 0 Å². The number of anilines is 1. The van der Waals surface area contributed by atoms with E-state index in [0.717, 1.165) is 83.6 Å². The van der Waals surface area contributed by atoms with Crippen molar-refractivity contribution in [2.45, 2.75) is 13.8 Å². The van der Waals surface area contributed by atoms with Gasteiger partial charge in [0.15, 0.2) is 0 Å². The maximum Gasteiger partial charge on any atom is 0.0872 e. The van der Waals surface area contributed by atoms with Crippen LogP contribution in [0.25, 0.3) is 78.6 Å². The normalized spacial score (nSPS) is 11.9. The van der Waals surface area contributed by atoms with Crippen LogP contribution >= 0.6 is 0 Å². The lowest BCUT2D eigenvalue weighted by atomic mass is 10.0. The number of rotatable bonds is 3. The van der Waals surface area contributed by atoms with Gasteiger partial charge in [0, 0.05) is 50.0 Å². The highest BCUT2D eigenvalue weighted by Crippen LogP contribution is 2.36. The second-order valence-electron chi connectivity index (χ2n) is 11.6. The van der Waals surface area contributed by atoms with Crippen molar-refractivity contribution in [3.8, 4) is 33.4 Å². The van der Waals surface area contributed by atoms with E-state index < -0.39 is 0 Å². The molecule has 5 nitrogen and oxygen atoms in total. The summed E-state index contributed by atoms with van der Waals surface area (Å²) in [6.07, 6.45) is 4.21. The molecular formula is C39H31N5. The minimum atomic E-state index is 0.733. The summed E-state index contributed by atoms with van der Waals surface area (Å²) >= 11 is 0. The van der Waals surface area contributed by atoms with Gasteiger partial charge in [-0.2, -0.15) is 0 Å². The molecule has 1 aliphatic rings. The summed E-state index contributed by atoms with van der Waals surface area (Å²) in [5.74, 6) is 0. The Hall–Kier alpha value is -5.81. The van der Waals surface area contributed by atoms with Crippen molar-refractivity contribution in [3.05, 3.63) is 132 Å². The first-order valence-corrected chi connectivity index (χ1v) is 14.8. The SMILES string of the molecule is Cc1ccc(-c2c3nc(c4ccc([nH]4)c(-c4ccc(C)cc4)c4ccc([nH]4)c(-c4ccc(N)cc4)c4ccc2[nH]4)C=C3)cc1. The largest absolute Gasteiger partial charge is 0.399 e. The van der Waals surface area contributed by atoms with E-state index in [2.05, 4.69) is 138 Å². The third-order valence-corrected chi connectivity index (χ3v) is 8.46. The highest BCUT2D eigenvalue weighted by atomic mass is 14.8. The fourth-order valence-electron chi connectivity index (χ4n) is 6.16. The maximum atomic E-state index is 6.11. The summed E-state index contributed by atoms with van der Waals surface area (Å²) in [4.78, 5) is 16.4. The topological polar surface area (TPSA) is 86.3 Å². The zero-order chi connectivity index (χ0) is 29.8. The van der Waals surface area contributed by atoms with Crippen LogP contribution in [0.2, 0.25) is 0 Å². The number of H-pyrrole nitrogens is 3. The van der Waals surface area contributed by atoms with E-state index in [-0.39, 0.29) is 0 Å². The van der Waals surface area contributed by atoms with Crippen LogP contribution in [0.15, 0.2) is 109 Å². The van der Waals surface area contributed by atoms with Crippen LogP contribution in [0.1, 0.15) is 22.5 Å². The zero-order valence-electron chi connectivity index (χ0n) is 24.6. The molecule has 0 atom stereocenters. The molecule has 3 aromatic carbocycles. The molecule has 7 aromatic rings. The highest BCUT2D eigenvalue weighted by Gasteiger charge is 2.15. The van der Waals surface area contributed by atoms with Crippen molar-refractivity contribution in [1.29, 1.82) is 0 Å². The molecule has 5 N–H and O–H groups in total. The number of nitrogens with two attached hydrogens (primary N) is 1. The van der Waals surface area contributed by atoms with Crippen LogP contribution in [0.4, 0.5) is 5.69 Å². The number of nitrogens with one attached hydrogen (secondary N) is 3. The molecule has 5 heterocycles. The minimum Gasteiger partial charge on any atom is -0.399 e. The predicted molar refractivity (Wildman–Crippen MR) is 185 cm³/mol. The van der Waals surface area contributed by atoms with Crippen molar-refractivity contribution in [1.82, 2.24) is 19.9 Å². The van der Waals surface area contributed by atoms with Crippen molar-refractivity contribution in [3.63, 3.8) is 0 Å². The van der Waals surface area contributed by atoms with Crippen LogP contribution in [0.3, 0.4) is 0 Å². The molecule has 8 rings (SSSR count). The van der Waals surface area contributed by atoms with Crippen LogP contribution < -0.4 is 5.73 Å². The molecule has 5 heteroatoms. The average Bonchev–Trinajstić information content (AvgIpc) is 3.85. The van der Waals surface area contributed by atoms with Crippen molar-refractivity contribution in [2.75, 3.05) is 5.73 Å².